The number of hydrogen-bond acceptors (Lipinski definition) is 3. The Kier molecular flexibility index (Phi) is 6.33. The molecule has 1 aromatic carbocycles. The highest BCUT2D eigenvalue weighted by Gasteiger charge is 2.17. The van der Waals surface area contributed by atoms with Gasteiger partial charge in [-0.3, -0.25) is 14.7 Å². The number of hydrazone groups is 1. The predicted octanol–water partition coefficient (Wildman–Crippen LogP) is 3.00. The van der Waals surface area contributed by atoms with Gasteiger partial charge in [-0.1, -0.05) is 45.4 Å². The Morgan fingerprint density at radius 2 is 1.96 bits per heavy atom. The molecule has 0 unspecified atom stereocenters. The SMILES string of the molecule is CCCc1[nH]n(-c2ccccc2)c(=O)c1/C(C)=N/NC(=O)CC(C)C. The summed E-state index contributed by atoms with van der Waals surface area (Å²) in [7, 11) is 0. The molecule has 0 saturated carbocycles. The number of aryl methyl sites for hydroxylation is 1. The first-order valence-corrected chi connectivity index (χ1v) is 8.66. The van der Waals surface area contributed by atoms with E-state index in [2.05, 4.69) is 22.5 Å². The Morgan fingerprint density at radius 1 is 1.28 bits per heavy atom. The second-order valence-electron chi connectivity index (χ2n) is 6.52. The predicted molar refractivity (Wildman–Crippen MR) is 100 cm³/mol. The van der Waals surface area contributed by atoms with Crippen molar-refractivity contribution >= 4 is 11.6 Å². The molecule has 6 heteroatoms. The molecule has 1 amide bonds. The van der Waals surface area contributed by atoms with E-state index >= 15 is 0 Å². The van der Waals surface area contributed by atoms with Gasteiger partial charge in [-0.05, 0) is 31.4 Å². The summed E-state index contributed by atoms with van der Waals surface area (Å²) >= 11 is 0. The molecule has 0 saturated heterocycles. The second-order valence-corrected chi connectivity index (χ2v) is 6.52. The van der Waals surface area contributed by atoms with Crippen LogP contribution in [0.15, 0.2) is 40.2 Å². The van der Waals surface area contributed by atoms with Gasteiger partial charge in [-0.2, -0.15) is 5.10 Å². The Balaban J connectivity index is 2.37. The van der Waals surface area contributed by atoms with E-state index in [0.717, 1.165) is 24.2 Å². The number of nitrogens with one attached hydrogen (secondary N) is 2. The van der Waals surface area contributed by atoms with Crippen molar-refractivity contribution in [2.24, 2.45) is 11.0 Å². The number of benzene rings is 1. The maximum Gasteiger partial charge on any atom is 0.280 e. The third-order valence-electron chi connectivity index (χ3n) is 3.78. The molecule has 6 nitrogen and oxygen atoms in total. The van der Waals surface area contributed by atoms with Crippen molar-refractivity contribution < 1.29 is 4.79 Å². The summed E-state index contributed by atoms with van der Waals surface area (Å²) in [6.45, 7) is 7.74. The van der Waals surface area contributed by atoms with Crippen molar-refractivity contribution in [2.45, 2.75) is 47.0 Å². The van der Waals surface area contributed by atoms with Crippen LogP contribution in [-0.4, -0.2) is 21.4 Å². The third kappa shape index (κ3) is 4.68. The number of carbonyl (C=O) groups excluding carboxylic acids is 1. The molecule has 1 heterocycles. The van der Waals surface area contributed by atoms with Crippen molar-refractivity contribution in [1.29, 1.82) is 0 Å². The molecular weight excluding hydrogens is 316 g/mol. The summed E-state index contributed by atoms with van der Waals surface area (Å²) < 4.78 is 1.52. The van der Waals surface area contributed by atoms with Gasteiger partial charge in [-0.15, -0.1) is 0 Å². The number of H-pyrrole nitrogens is 1. The summed E-state index contributed by atoms with van der Waals surface area (Å²) in [4.78, 5) is 24.7. The van der Waals surface area contributed by atoms with Crippen LogP contribution in [0.1, 0.15) is 51.8 Å². The fourth-order valence-corrected chi connectivity index (χ4v) is 2.66. The quantitative estimate of drug-likeness (QED) is 0.599. The standard InChI is InChI=1S/C19H26N4O2/c1-5-9-16-18(14(4)20-21-17(24)12-13(2)3)19(25)23(22-16)15-10-7-6-8-11-15/h6-8,10-11,13,22H,5,9,12H2,1-4H3,(H,21,24)/b20-14+. The lowest BCUT2D eigenvalue weighted by molar-refractivity contribution is -0.121. The van der Waals surface area contributed by atoms with E-state index in [1.807, 2.05) is 44.2 Å². The first kappa shape index (κ1) is 18.7. The van der Waals surface area contributed by atoms with Crippen molar-refractivity contribution in [2.75, 3.05) is 0 Å². The normalized spacial score (nSPS) is 11.8. The lowest BCUT2D eigenvalue weighted by atomic mass is 10.1. The molecule has 1 aromatic heterocycles. The number of rotatable bonds is 7. The lowest BCUT2D eigenvalue weighted by Gasteiger charge is -2.04. The zero-order valence-corrected chi connectivity index (χ0v) is 15.3. The molecule has 0 aliphatic rings. The molecule has 134 valence electrons. The van der Waals surface area contributed by atoms with E-state index in [4.69, 9.17) is 0 Å². The van der Waals surface area contributed by atoms with E-state index in [1.165, 1.54) is 4.68 Å². The maximum absolute atomic E-state index is 12.9. The van der Waals surface area contributed by atoms with Gasteiger partial charge < -0.3 is 0 Å². The van der Waals surface area contributed by atoms with Crippen LogP contribution in [0.3, 0.4) is 0 Å². The number of aromatic nitrogens is 2. The van der Waals surface area contributed by atoms with E-state index < -0.39 is 0 Å². The molecule has 0 bridgehead atoms. The van der Waals surface area contributed by atoms with Gasteiger partial charge in [0.2, 0.25) is 5.91 Å². The fraction of sp³-hybridized carbons (Fsp3) is 0.421. The highest BCUT2D eigenvalue weighted by Crippen LogP contribution is 2.10. The molecule has 0 aliphatic carbocycles. The third-order valence-corrected chi connectivity index (χ3v) is 3.78. The van der Waals surface area contributed by atoms with E-state index in [9.17, 15) is 9.59 Å². The average Bonchev–Trinajstić information content (AvgIpc) is 2.90. The molecule has 0 atom stereocenters. The van der Waals surface area contributed by atoms with Gasteiger partial charge in [0.15, 0.2) is 0 Å². The Labute approximate surface area is 147 Å². The largest absolute Gasteiger partial charge is 0.294 e. The smallest absolute Gasteiger partial charge is 0.280 e. The van der Waals surface area contributed by atoms with Crippen LogP contribution in [-0.2, 0) is 11.2 Å². The van der Waals surface area contributed by atoms with Crippen molar-refractivity contribution in [3.05, 3.63) is 51.9 Å². The molecule has 2 rings (SSSR count). The number of para-hydroxylation sites is 1. The van der Waals surface area contributed by atoms with Gasteiger partial charge in [0.1, 0.15) is 0 Å². The molecule has 0 spiro atoms. The molecule has 2 N–H and O–H groups in total. The number of amides is 1. The van der Waals surface area contributed by atoms with Gasteiger partial charge in [0, 0.05) is 12.1 Å². The van der Waals surface area contributed by atoms with Gasteiger partial charge in [-0.25, -0.2) is 10.1 Å². The summed E-state index contributed by atoms with van der Waals surface area (Å²) in [5, 5.41) is 7.32. The topological polar surface area (TPSA) is 79.2 Å². The Hall–Kier alpha value is -2.63. The van der Waals surface area contributed by atoms with Crippen LogP contribution in [0.5, 0.6) is 0 Å². The summed E-state index contributed by atoms with van der Waals surface area (Å²) in [5.74, 6) is 0.110. The molecular formula is C19H26N4O2. The minimum Gasteiger partial charge on any atom is -0.294 e. The average molecular weight is 342 g/mol. The van der Waals surface area contributed by atoms with Crippen molar-refractivity contribution in [3.63, 3.8) is 0 Å². The zero-order chi connectivity index (χ0) is 18.4. The monoisotopic (exact) mass is 342 g/mol. The van der Waals surface area contributed by atoms with Crippen LogP contribution in [0, 0.1) is 5.92 Å². The number of aromatic amines is 1. The van der Waals surface area contributed by atoms with Crippen molar-refractivity contribution in [1.82, 2.24) is 15.2 Å². The highest BCUT2D eigenvalue weighted by molar-refractivity contribution is 6.00. The summed E-state index contributed by atoms with van der Waals surface area (Å²) in [5.41, 5.74) is 5.02. The number of hydrogen-bond donors (Lipinski definition) is 2. The minimum atomic E-state index is -0.158. The van der Waals surface area contributed by atoms with Crippen LogP contribution in [0.25, 0.3) is 5.69 Å². The van der Waals surface area contributed by atoms with E-state index in [0.29, 0.717) is 17.7 Å². The van der Waals surface area contributed by atoms with Gasteiger partial charge >= 0.3 is 0 Å². The second kappa shape index (κ2) is 8.46. The molecule has 0 radical (unpaired) electrons. The first-order chi connectivity index (χ1) is 11.9. The number of nitrogens with zero attached hydrogens (tertiary/aromatic N) is 2. The van der Waals surface area contributed by atoms with E-state index in [-0.39, 0.29) is 17.4 Å². The molecule has 0 aliphatic heterocycles. The summed E-state index contributed by atoms with van der Waals surface area (Å²) in [6.07, 6.45) is 2.03. The van der Waals surface area contributed by atoms with Crippen LogP contribution in [0.4, 0.5) is 0 Å². The Bertz CT molecular complexity index is 801. The minimum absolute atomic E-state index is 0.148. The van der Waals surface area contributed by atoms with Crippen molar-refractivity contribution in [3.8, 4) is 5.69 Å². The zero-order valence-electron chi connectivity index (χ0n) is 15.3. The molecule has 2 aromatic rings. The molecule has 0 fully saturated rings. The van der Waals surface area contributed by atoms with Crippen LogP contribution in [0.2, 0.25) is 0 Å². The lowest BCUT2D eigenvalue weighted by Crippen LogP contribution is -2.24. The maximum atomic E-state index is 12.9. The van der Waals surface area contributed by atoms with Crippen LogP contribution < -0.4 is 11.0 Å². The van der Waals surface area contributed by atoms with Gasteiger partial charge in [0.05, 0.1) is 17.0 Å². The Morgan fingerprint density at radius 3 is 2.56 bits per heavy atom. The fourth-order valence-electron chi connectivity index (χ4n) is 2.66. The first-order valence-electron chi connectivity index (χ1n) is 8.66. The highest BCUT2D eigenvalue weighted by atomic mass is 16.2. The summed E-state index contributed by atoms with van der Waals surface area (Å²) in [6, 6.07) is 9.41. The molecule has 25 heavy (non-hydrogen) atoms. The van der Waals surface area contributed by atoms with Crippen LogP contribution >= 0.6 is 0 Å². The van der Waals surface area contributed by atoms with E-state index in [1.54, 1.807) is 6.92 Å². The van der Waals surface area contributed by atoms with Gasteiger partial charge in [0.25, 0.3) is 5.56 Å². The number of carbonyl (C=O) groups is 1.